The first-order valence-corrected chi connectivity index (χ1v) is 7.37. The Labute approximate surface area is 153 Å². The summed E-state index contributed by atoms with van der Waals surface area (Å²) >= 11 is 0. The highest BCUT2D eigenvalue weighted by Gasteiger charge is 2.14. The van der Waals surface area contributed by atoms with Crippen LogP contribution in [0.4, 0.5) is 0 Å². The summed E-state index contributed by atoms with van der Waals surface area (Å²) in [5.74, 6) is -4.95. The molecule has 0 bridgehead atoms. The van der Waals surface area contributed by atoms with Gasteiger partial charge in [-0.15, -0.1) is 0 Å². The lowest BCUT2D eigenvalue weighted by molar-refractivity contribution is 0.0524. The molecule has 0 amide bonds. The molecule has 10 nitrogen and oxygen atoms in total. The van der Waals surface area contributed by atoms with Crippen molar-refractivity contribution in [2.75, 3.05) is 13.7 Å². The van der Waals surface area contributed by atoms with Gasteiger partial charge in [0.25, 0.3) is 0 Å². The molecule has 0 fully saturated rings. The molecule has 0 atom stereocenters. The van der Waals surface area contributed by atoms with Crippen LogP contribution in [0.15, 0.2) is 24.3 Å². The van der Waals surface area contributed by atoms with E-state index in [1.54, 1.807) is 6.92 Å². The maximum absolute atomic E-state index is 11.1. The molecule has 2 aromatic carbocycles. The molecule has 27 heavy (non-hydrogen) atoms. The Hall–Kier alpha value is -3.82. The van der Waals surface area contributed by atoms with E-state index in [2.05, 4.69) is 9.47 Å². The lowest BCUT2D eigenvalue weighted by atomic mass is 10.2. The Kier molecular flexibility index (Phi) is 7.10. The first kappa shape index (κ1) is 21.2. The van der Waals surface area contributed by atoms with E-state index in [4.69, 9.17) is 30.6 Å². The summed E-state index contributed by atoms with van der Waals surface area (Å²) < 4.78 is 8.98. The van der Waals surface area contributed by atoms with Gasteiger partial charge in [-0.25, -0.2) is 9.59 Å². The summed E-state index contributed by atoms with van der Waals surface area (Å²) in [5.41, 5.74) is -0.0463. The van der Waals surface area contributed by atoms with Crippen LogP contribution >= 0.6 is 0 Å². The molecule has 10 heteroatoms. The van der Waals surface area contributed by atoms with Crippen LogP contribution in [0.25, 0.3) is 0 Å². The number of carbonyl (C=O) groups is 2. The van der Waals surface area contributed by atoms with E-state index in [1.807, 2.05) is 0 Å². The summed E-state index contributed by atoms with van der Waals surface area (Å²) in [6.07, 6.45) is 0. The molecule has 2 aromatic rings. The smallest absolute Gasteiger partial charge is 0.338 e. The summed E-state index contributed by atoms with van der Waals surface area (Å²) in [5, 5.41) is 54.1. The second-order valence-electron chi connectivity index (χ2n) is 4.94. The highest BCUT2D eigenvalue weighted by molar-refractivity contribution is 5.91. The van der Waals surface area contributed by atoms with Crippen LogP contribution in [0.3, 0.4) is 0 Å². The number of hydrogen-bond acceptors (Lipinski definition) is 10. The third kappa shape index (κ3) is 5.33. The van der Waals surface area contributed by atoms with Crippen molar-refractivity contribution >= 4 is 11.9 Å². The Morgan fingerprint density at radius 1 is 0.741 bits per heavy atom. The van der Waals surface area contributed by atoms with E-state index >= 15 is 0 Å². The van der Waals surface area contributed by atoms with Gasteiger partial charge in [0.1, 0.15) is 0 Å². The molecule has 0 aromatic heterocycles. The zero-order valence-electron chi connectivity index (χ0n) is 14.3. The fourth-order valence-corrected chi connectivity index (χ4v) is 1.78. The predicted molar refractivity (Wildman–Crippen MR) is 90.2 cm³/mol. The summed E-state index contributed by atoms with van der Waals surface area (Å²) in [4.78, 5) is 22.0. The van der Waals surface area contributed by atoms with Gasteiger partial charge in [0.05, 0.1) is 24.8 Å². The summed E-state index contributed by atoms with van der Waals surface area (Å²) in [6.45, 7) is 1.83. The van der Waals surface area contributed by atoms with E-state index in [0.29, 0.717) is 0 Å². The number of rotatable bonds is 3. The second-order valence-corrected chi connectivity index (χ2v) is 4.94. The molecule has 0 saturated carbocycles. The highest BCUT2D eigenvalue weighted by Crippen LogP contribution is 2.36. The quantitative estimate of drug-likeness (QED) is 0.338. The van der Waals surface area contributed by atoms with Gasteiger partial charge in [0.15, 0.2) is 34.5 Å². The zero-order valence-corrected chi connectivity index (χ0v) is 14.3. The number of carbonyl (C=O) groups excluding carboxylic acids is 2. The fourth-order valence-electron chi connectivity index (χ4n) is 1.78. The number of phenols is 6. The molecule has 0 spiro atoms. The molecule has 0 unspecified atom stereocenters. The number of hydrogen-bond donors (Lipinski definition) is 6. The molecule has 0 heterocycles. The van der Waals surface area contributed by atoms with E-state index in [9.17, 15) is 9.59 Å². The van der Waals surface area contributed by atoms with Crippen molar-refractivity contribution in [1.29, 1.82) is 0 Å². The third-order valence-corrected chi connectivity index (χ3v) is 3.07. The van der Waals surface area contributed by atoms with Gasteiger partial charge < -0.3 is 40.1 Å². The van der Waals surface area contributed by atoms with Crippen LogP contribution in [0.1, 0.15) is 27.6 Å². The molecular weight excluding hydrogens is 364 g/mol. The van der Waals surface area contributed by atoms with Gasteiger partial charge in [0, 0.05) is 0 Å². The molecule has 0 aliphatic carbocycles. The highest BCUT2D eigenvalue weighted by atomic mass is 16.5. The van der Waals surface area contributed by atoms with Crippen LogP contribution in [0.2, 0.25) is 0 Å². The van der Waals surface area contributed by atoms with Gasteiger partial charge in [-0.2, -0.15) is 0 Å². The number of esters is 2. The van der Waals surface area contributed by atoms with E-state index < -0.39 is 46.4 Å². The van der Waals surface area contributed by atoms with Crippen LogP contribution in [0, 0.1) is 0 Å². The molecule has 146 valence electrons. The largest absolute Gasteiger partial charge is 0.504 e. The Bertz CT molecular complexity index is 798. The maximum Gasteiger partial charge on any atom is 0.338 e. The lowest BCUT2D eigenvalue weighted by Gasteiger charge is -2.04. The number of ether oxygens (including phenoxy) is 2. The second kappa shape index (κ2) is 9.04. The van der Waals surface area contributed by atoms with Crippen LogP contribution in [0.5, 0.6) is 34.5 Å². The molecule has 0 radical (unpaired) electrons. The fraction of sp³-hybridized carbons (Fsp3) is 0.176. The van der Waals surface area contributed by atoms with Gasteiger partial charge in [-0.3, -0.25) is 0 Å². The molecule has 0 aliphatic rings. The van der Waals surface area contributed by atoms with Crippen LogP contribution < -0.4 is 0 Å². The number of aromatic hydroxyl groups is 6. The summed E-state index contributed by atoms with van der Waals surface area (Å²) in [7, 11) is 1.17. The van der Waals surface area contributed by atoms with E-state index in [1.165, 1.54) is 7.11 Å². The van der Waals surface area contributed by atoms with Crippen molar-refractivity contribution in [3.05, 3.63) is 35.4 Å². The average Bonchev–Trinajstić information content (AvgIpc) is 2.63. The average molecular weight is 382 g/mol. The molecular formula is C17H18O10. The van der Waals surface area contributed by atoms with Crippen LogP contribution in [-0.4, -0.2) is 56.3 Å². The molecule has 2 rings (SSSR count). The van der Waals surface area contributed by atoms with Crippen molar-refractivity contribution in [2.24, 2.45) is 0 Å². The zero-order chi connectivity index (χ0) is 20.7. The third-order valence-electron chi connectivity index (χ3n) is 3.07. The minimum atomic E-state index is -0.703. The Balaban J connectivity index is 0.000000271. The van der Waals surface area contributed by atoms with Crippen molar-refractivity contribution < 1.29 is 49.7 Å². The predicted octanol–water partition coefficient (Wildman–Crippen LogP) is 1.57. The first-order valence-electron chi connectivity index (χ1n) is 7.37. The van der Waals surface area contributed by atoms with Crippen molar-refractivity contribution in [2.45, 2.75) is 6.92 Å². The van der Waals surface area contributed by atoms with Crippen molar-refractivity contribution in [3.63, 3.8) is 0 Å². The minimum Gasteiger partial charge on any atom is -0.504 e. The van der Waals surface area contributed by atoms with Crippen molar-refractivity contribution in [3.8, 4) is 34.5 Å². The van der Waals surface area contributed by atoms with Crippen LogP contribution in [-0.2, 0) is 9.47 Å². The minimum absolute atomic E-state index is 0.0142. The van der Waals surface area contributed by atoms with Gasteiger partial charge in [-0.1, -0.05) is 0 Å². The SMILES string of the molecule is CCOC(=O)c1cc(O)c(O)c(O)c1.COC(=O)c1cc(O)c(O)c(O)c1. The van der Waals surface area contributed by atoms with Crippen molar-refractivity contribution in [1.82, 2.24) is 0 Å². The normalized spacial score (nSPS) is 9.70. The van der Waals surface area contributed by atoms with Gasteiger partial charge >= 0.3 is 11.9 Å². The van der Waals surface area contributed by atoms with Gasteiger partial charge in [0.2, 0.25) is 0 Å². The monoisotopic (exact) mass is 382 g/mol. The maximum atomic E-state index is 11.1. The standard InChI is InChI=1S/C9H10O5.C8H8O5/c1-2-14-9(13)5-3-6(10)8(12)7(11)4-5;1-13-8(12)4-2-5(9)7(11)6(10)3-4/h3-4,10-12H,2H2,1H3;2-3,9-11H,1H3. The number of benzene rings is 2. The van der Waals surface area contributed by atoms with E-state index in [-0.39, 0.29) is 17.7 Å². The molecule has 0 saturated heterocycles. The first-order chi connectivity index (χ1) is 12.6. The van der Waals surface area contributed by atoms with Gasteiger partial charge in [-0.05, 0) is 31.2 Å². The Morgan fingerprint density at radius 2 is 1.07 bits per heavy atom. The Morgan fingerprint density at radius 3 is 1.37 bits per heavy atom. The van der Waals surface area contributed by atoms with E-state index in [0.717, 1.165) is 24.3 Å². The number of phenolic OH excluding ortho intramolecular Hbond substituents is 6. The molecule has 6 N–H and O–H groups in total. The lowest BCUT2D eigenvalue weighted by Crippen LogP contribution is -2.04. The topological polar surface area (TPSA) is 174 Å². The molecule has 0 aliphatic heterocycles. The number of methoxy groups -OCH3 is 1. The summed E-state index contributed by atoms with van der Waals surface area (Å²) in [6, 6.07) is 4.04.